The molecule has 1 atom stereocenters. The topological polar surface area (TPSA) is 55.0 Å². The number of hydrogen-bond acceptors (Lipinski definition) is 4. The molecule has 0 N–H and O–H groups in total. The first kappa shape index (κ1) is 18.9. The van der Waals surface area contributed by atoms with Gasteiger partial charge in [0.25, 0.3) is 5.91 Å². The van der Waals surface area contributed by atoms with Crippen molar-refractivity contribution in [3.05, 3.63) is 95.2 Å². The van der Waals surface area contributed by atoms with E-state index in [1.807, 2.05) is 31.2 Å². The molecule has 1 amide bonds. The van der Waals surface area contributed by atoms with Crippen LogP contribution in [0.25, 0.3) is 0 Å². The van der Waals surface area contributed by atoms with E-state index in [-0.39, 0.29) is 36.7 Å². The first-order valence-electron chi connectivity index (χ1n) is 9.46. The second-order valence-corrected chi connectivity index (χ2v) is 7.09. The Labute approximate surface area is 168 Å². The molecule has 0 unspecified atom stereocenters. The van der Waals surface area contributed by atoms with Crippen LogP contribution in [0, 0.1) is 12.7 Å². The lowest BCUT2D eigenvalue weighted by Crippen LogP contribution is -2.37. The fraction of sp³-hybridized carbons (Fsp3) is 0.217. The summed E-state index contributed by atoms with van der Waals surface area (Å²) in [6.45, 7) is 2.42. The molecule has 4 rings (SSSR count). The molecule has 1 aliphatic rings. The van der Waals surface area contributed by atoms with Crippen LogP contribution in [0.5, 0.6) is 0 Å². The highest BCUT2D eigenvalue weighted by molar-refractivity contribution is 6.01. The maximum absolute atomic E-state index is 14.2. The molecule has 2 heterocycles. The van der Waals surface area contributed by atoms with E-state index in [1.54, 1.807) is 30.3 Å². The van der Waals surface area contributed by atoms with Crippen molar-refractivity contribution in [1.29, 1.82) is 0 Å². The predicted octanol–water partition coefficient (Wildman–Crippen LogP) is 4.56. The summed E-state index contributed by atoms with van der Waals surface area (Å²) in [5.41, 5.74) is 3.44. The number of furan rings is 1. The van der Waals surface area contributed by atoms with Gasteiger partial charge in [-0.2, -0.15) is 0 Å². The number of rotatable bonds is 6. The number of oxime groups is 1. The van der Waals surface area contributed by atoms with Gasteiger partial charge in [0.2, 0.25) is 0 Å². The van der Waals surface area contributed by atoms with Gasteiger partial charge in [0.1, 0.15) is 5.82 Å². The number of carbonyl (C=O) groups is 1. The van der Waals surface area contributed by atoms with E-state index in [0.717, 1.165) is 11.3 Å². The zero-order valence-electron chi connectivity index (χ0n) is 16.0. The molecule has 1 aromatic heterocycles. The summed E-state index contributed by atoms with van der Waals surface area (Å²) in [5, 5.41) is 4.20. The maximum atomic E-state index is 14.2. The van der Waals surface area contributed by atoms with E-state index in [9.17, 15) is 9.18 Å². The van der Waals surface area contributed by atoms with Crippen molar-refractivity contribution in [2.45, 2.75) is 26.0 Å². The average Bonchev–Trinajstić information content (AvgIpc) is 3.41. The standard InChI is InChI=1S/C23H21FN2O3/c1-16-8-10-17(11-9-16)21-13-19(29-25-21)15-26(23(27)22-7-4-12-28-22)14-18-5-2-3-6-20(18)24/h2-12,19H,13-15H2,1H3/t19-/m1/s1. The second kappa shape index (κ2) is 8.31. The summed E-state index contributed by atoms with van der Waals surface area (Å²) < 4.78 is 19.4. The van der Waals surface area contributed by atoms with E-state index in [2.05, 4.69) is 5.16 Å². The molecule has 0 spiro atoms. The number of carbonyl (C=O) groups excluding carboxylic acids is 1. The molecule has 0 saturated carbocycles. The Kier molecular flexibility index (Phi) is 5.42. The number of amides is 1. The molecule has 6 heteroatoms. The molecule has 3 aromatic rings. The average molecular weight is 392 g/mol. The summed E-state index contributed by atoms with van der Waals surface area (Å²) in [6.07, 6.45) is 1.71. The highest BCUT2D eigenvalue weighted by atomic mass is 19.1. The van der Waals surface area contributed by atoms with Crippen molar-refractivity contribution >= 4 is 11.6 Å². The Morgan fingerprint density at radius 2 is 1.93 bits per heavy atom. The molecule has 5 nitrogen and oxygen atoms in total. The van der Waals surface area contributed by atoms with Gasteiger partial charge in [0.05, 0.1) is 18.5 Å². The Morgan fingerprint density at radius 1 is 1.14 bits per heavy atom. The molecule has 148 valence electrons. The SMILES string of the molecule is Cc1ccc(C2=NO[C@@H](CN(Cc3ccccc3F)C(=O)c3ccco3)C2)cc1. The summed E-state index contributed by atoms with van der Waals surface area (Å²) in [6, 6.07) is 17.7. The molecule has 0 bridgehead atoms. The van der Waals surface area contributed by atoms with Crippen LogP contribution in [0.15, 0.2) is 76.5 Å². The first-order chi connectivity index (χ1) is 14.1. The summed E-state index contributed by atoms with van der Waals surface area (Å²) in [7, 11) is 0. The van der Waals surface area contributed by atoms with Crippen LogP contribution in [-0.2, 0) is 11.4 Å². The predicted molar refractivity (Wildman–Crippen MR) is 107 cm³/mol. The van der Waals surface area contributed by atoms with Crippen LogP contribution < -0.4 is 0 Å². The molecule has 29 heavy (non-hydrogen) atoms. The molecule has 0 radical (unpaired) electrons. The Bertz CT molecular complexity index is 1010. The van der Waals surface area contributed by atoms with E-state index >= 15 is 0 Å². The van der Waals surface area contributed by atoms with E-state index < -0.39 is 0 Å². The van der Waals surface area contributed by atoms with Crippen LogP contribution in [0.3, 0.4) is 0 Å². The van der Waals surface area contributed by atoms with Crippen LogP contribution in [-0.4, -0.2) is 29.2 Å². The van der Waals surface area contributed by atoms with E-state index in [0.29, 0.717) is 12.0 Å². The minimum atomic E-state index is -0.353. The number of aryl methyl sites for hydroxylation is 1. The Morgan fingerprint density at radius 3 is 2.66 bits per heavy atom. The maximum Gasteiger partial charge on any atom is 0.289 e. The zero-order valence-corrected chi connectivity index (χ0v) is 16.0. The summed E-state index contributed by atoms with van der Waals surface area (Å²) >= 11 is 0. The smallest absolute Gasteiger partial charge is 0.289 e. The van der Waals surface area contributed by atoms with Gasteiger partial charge in [-0.3, -0.25) is 4.79 Å². The summed E-state index contributed by atoms with van der Waals surface area (Å²) in [5.74, 6) is -0.460. The van der Waals surface area contributed by atoms with E-state index in [1.165, 1.54) is 22.8 Å². The second-order valence-electron chi connectivity index (χ2n) is 7.09. The fourth-order valence-electron chi connectivity index (χ4n) is 3.30. The first-order valence-corrected chi connectivity index (χ1v) is 9.46. The lowest BCUT2D eigenvalue weighted by Gasteiger charge is -2.24. The van der Waals surface area contributed by atoms with Crippen molar-refractivity contribution in [1.82, 2.24) is 4.90 Å². The van der Waals surface area contributed by atoms with Gasteiger partial charge in [-0.25, -0.2) is 4.39 Å². The number of hydrogen-bond donors (Lipinski definition) is 0. The molecular formula is C23H21FN2O3. The van der Waals surface area contributed by atoms with Gasteiger partial charge in [-0.05, 0) is 30.7 Å². The third kappa shape index (κ3) is 4.37. The third-order valence-corrected chi connectivity index (χ3v) is 4.88. The lowest BCUT2D eigenvalue weighted by atomic mass is 10.0. The van der Waals surface area contributed by atoms with Gasteiger partial charge in [0.15, 0.2) is 11.9 Å². The molecule has 2 aromatic carbocycles. The summed E-state index contributed by atoms with van der Waals surface area (Å²) in [4.78, 5) is 20.0. The number of nitrogens with zero attached hydrogens (tertiary/aromatic N) is 2. The number of benzene rings is 2. The number of halogens is 1. The molecule has 0 saturated heterocycles. The van der Waals surface area contributed by atoms with E-state index in [4.69, 9.17) is 9.25 Å². The van der Waals surface area contributed by atoms with Crippen molar-refractivity contribution in [2.75, 3.05) is 6.54 Å². The van der Waals surface area contributed by atoms with Gasteiger partial charge in [-0.1, -0.05) is 53.2 Å². The molecule has 0 aliphatic carbocycles. The third-order valence-electron chi connectivity index (χ3n) is 4.88. The van der Waals surface area contributed by atoms with Gasteiger partial charge >= 0.3 is 0 Å². The van der Waals surface area contributed by atoms with Gasteiger partial charge in [-0.15, -0.1) is 0 Å². The Hall–Kier alpha value is -3.41. The van der Waals surface area contributed by atoms with Crippen LogP contribution in [0.2, 0.25) is 0 Å². The minimum absolute atomic E-state index is 0.117. The molecule has 0 fully saturated rings. The zero-order chi connectivity index (χ0) is 20.2. The minimum Gasteiger partial charge on any atom is -0.459 e. The normalized spacial score (nSPS) is 15.7. The quantitative estimate of drug-likeness (QED) is 0.618. The van der Waals surface area contributed by atoms with Gasteiger partial charge < -0.3 is 14.2 Å². The highest BCUT2D eigenvalue weighted by Crippen LogP contribution is 2.21. The van der Waals surface area contributed by atoms with Crippen LogP contribution in [0.1, 0.15) is 33.7 Å². The van der Waals surface area contributed by atoms with Crippen molar-refractivity contribution in [2.24, 2.45) is 5.16 Å². The highest BCUT2D eigenvalue weighted by Gasteiger charge is 2.28. The van der Waals surface area contributed by atoms with Crippen molar-refractivity contribution in [3.63, 3.8) is 0 Å². The largest absolute Gasteiger partial charge is 0.459 e. The lowest BCUT2D eigenvalue weighted by molar-refractivity contribution is 0.0385. The van der Waals surface area contributed by atoms with Crippen LogP contribution in [0.4, 0.5) is 4.39 Å². The fourth-order valence-corrected chi connectivity index (χ4v) is 3.30. The molecular weight excluding hydrogens is 371 g/mol. The van der Waals surface area contributed by atoms with Crippen molar-refractivity contribution < 1.29 is 18.4 Å². The van der Waals surface area contributed by atoms with Crippen LogP contribution >= 0.6 is 0 Å². The van der Waals surface area contributed by atoms with Gasteiger partial charge in [0, 0.05) is 18.5 Å². The molecule has 1 aliphatic heterocycles. The Balaban J connectivity index is 1.49. The van der Waals surface area contributed by atoms with Crippen molar-refractivity contribution in [3.8, 4) is 0 Å². The monoisotopic (exact) mass is 392 g/mol.